The van der Waals surface area contributed by atoms with E-state index in [0.717, 1.165) is 0 Å². The van der Waals surface area contributed by atoms with Gasteiger partial charge >= 0.3 is 0 Å². The first-order valence-corrected chi connectivity index (χ1v) is 5.09. The first-order chi connectivity index (χ1) is 7.18. The molecule has 2 aromatic rings. The molecule has 0 heterocycles. The fourth-order valence-electron chi connectivity index (χ4n) is 0.888. The van der Waals surface area contributed by atoms with Gasteiger partial charge in [0.25, 0.3) is 0 Å². The van der Waals surface area contributed by atoms with Gasteiger partial charge < -0.3 is 5.11 Å². The quantitative estimate of drug-likeness (QED) is 0.725. The minimum atomic E-state index is 0.322. The van der Waals surface area contributed by atoms with E-state index >= 15 is 0 Å². The summed E-state index contributed by atoms with van der Waals surface area (Å²) in [7, 11) is 0. The lowest BCUT2D eigenvalue weighted by Gasteiger charge is -1.86. The Hall–Kier alpha value is -1.18. The first kappa shape index (κ1) is 11.9. The van der Waals surface area contributed by atoms with E-state index in [9.17, 15) is 0 Å². The van der Waals surface area contributed by atoms with Crippen molar-refractivity contribution in [2.24, 2.45) is 0 Å². The van der Waals surface area contributed by atoms with Crippen LogP contribution in [0, 0.1) is 0 Å². The van der Waals surface area contributed by atoms with Crippen molar-refractivity contribution in [2.75, 3.05) is 0 Å². The minimum Gasteiger partial charge on any atom is -0.508 e. The largest absolute Gasteiger partial charge is 0.508 e. The third kappa shape index (κ3) is 5.31. The Morgan fingerprint density at radius 2 is 1.27 bits per heavy atom. The number of aromatic hydroxyl groups is 1. The highest BCUT2D eigenvalue weighted by Crippen LogP contribution is 2.13. The van der Waals surface area contributed by atoms with E-state index in [1.54, 1.807) is 42.5 Å². The van der Waals surface area contributed by atoms with Crippen LogP contribution in [-0.2, 0) is 0 Å². The van der Waals surface area contributed by atoms with Crippen molar-refractivity contribution in [2.45, 2.75) is 0 Å². The topological polar surface area (TPSA) is 20.2 Å². The van der Waals surface area contributed by atoms with Crippen molar-refractivity contribution < 1.29 is 5.11 Å². The molecule has 0 atom stereocenters. The number of halogens is 2. The van der Waals surface area contributed by atoms with E-state index in [-0.39, 0.29) is 0 Å². The van der Waals surface area contributed by atoms with Gasteiger partial charge in [0, 0.05) is 10.0 Å². The molecule has 1 nitrogen and oxygen atoms in total. The summed E-state index contributed by atoms with van der Waals surface area (Å²) >= 11 is 11.1. The third-order valence-electron chi connectivity index (χ3n) is 1.54. The number of phenolic OH excluding ortho intramolecular Hbond substituents is 1. The van der Waals surface area contributed by atoms with E-state index in [1.165, 1.54) is 0 Å². The van der Waals surface area contributed by atoms with Gasteiger partial charge in [0.1, 0.15) is 5.75 Å². The van der Waals surface area contributed by atoms with E-state index in [1.807, 2.05) is 12.1 Å². The molecule has 0 radical (unpaired) electrons. The predicted molar refractivity (Wildman–Crippen MR) is 64.6 cm³/mol. The number of benzene rings is 2. The van der Waals surface area contributed by atoms with Crippen LogP contribution in [0.25, 0.3) is 0 Å². The van der Waals surface area contributed by atoms with Crippen LogP contribution in [0.2, 0.25) is 10.0 Å². The van der Waals surface area contributed by atoms with Gasteiger partial charge in [0.2, 0.25) is 0 Å². The average Bonchev–Trinajstić information content (AvgIpc) is 2.19. The van der Waals surface area contributed by atoms with Crippen LogP contribution in [0.3, 0.4) is 0 Å². The van der Waals surface area contributed by atoms with Crippen molar-refractivity contribution in [3.63, 3.8) is 0 Å². The number of hydrogen-bond acceptors (Lipinski definition) is 1. The van der Waals surface area contributed by atoms with Crippen LogP contribution >= 0.6 is 23.2 Å². The first-order valence-electron chi connectivity index (χ1n) is 4.33. The molecule has 2 rings (SSSR count). The van der Waals surface area contributed by atoms with Crippen LogP contribution in [0.15, 0.2) is 54.6 Å². The Morgan fingerprint density at radius 1 is 0.733 bits per heavy atom. The molecule has 3 heteroatoms. The fraction of sp³-hybridized carbons (Fsp3) is 0. The molecular weight excluding hydrogens is 231 g/mol. The van der Waals surface area contributed by atoms with E-state index in [4.69, 9.17) is 28.3 Å². The maximum atomic E-state index is 8.63. The zero-order chi connectivity index (χ0) is 11.1. The summed E-state index contributed by atoms with van der Waals surface area (Å²) in [5.74, 6) is 0.322. The van der Waals surface area contributed by atoms with Crippen molar-refractivity contribution in [3.05, 3.63) is 64.6 Å². The van der Waals surface area contributed by atoms with E-state index in [0.29, 0.717) is 15.8 Å². The number of para-hydroxylation sites is 1. The predicted octanol–water partition coefficient (Wildman–Crippen LogP) is 4.39. The summed E-state index contributed by atoms with van der Waals surface area (Å²) in [6.07, 6.45) is 0. The number of hydrogen-bond donors (Lipinski definition) is 1. The smallest absolute Gasteiger partial charge is 0.115 e. The minimum absolute atomic E-state index is 0.322. The Balaban J connectivity index is 0.000000151. The molecule has 0 saturated carbocycles. The third-order valence-corrected chi connectivity index (χ3v) is 2.01. The highest BCUT2D eigenvalue weighted by molar-refractivity contribution is 6.34. The van der Waals surface area contributed by atoms with Crippen molar-refractivity contribution >= 4 is 23.2 Å². The summed E-state index contributed by atoms with van der Waals surface area (Å²) in [6, 6.07) is 15.8. The lowest BCUT2D eigenvalue weighted by Crippen LogP contribution is -1.61. The molecule has 0 unspecified atom stereocenters. The summed E-state index contributed by atoms with van der Waals surface area (Å²) in [6.45, 7) is 0. The molecule has 0 aliphatic rings. The normalized spacial score (nSPS) is 8.93. The molecular formula is C12H10Cl2O. The monoisotopic (exact) mass is 240 g/mol. The Bertz CT molecular complexity index is 384. The highest BCUT2D eigenvalue weighted by Gasteiger charge is 1.85. The standard InChI is InChI=1S/C6H4Cl2.C6H6O/c7-5-2-1-3-6(8)4-5;7-6-4-2-1-3-5-6/h1-4H;1-5,7H. The van der Waals surface area contributed by atoms with Crippen molar-refractivity contribution in [1.29, 1.82) is 0 Å². The number of phenols is 1. The molecule has 78 valence electrons. The average molecular weight is 241 g/mol. The van der Waals surface area contributed by atoms with E-state index in [2.05, 4.69) is 0 Å². The zero-order valence-corrected chi connectivity index (χ0v) is 9.41. The van der Waals surface area contributed by atoms with E-state index < -0.39 is 0 Å². The molecule has 2 aromatic carbocycles. The Kier molecular flexibility index (Phi) is 5.02. The molecule has 0 bridgehead atoms. The van der Waals surface area contributed by atoms with Crippen LogP contribution in [0.1, 0.15) is 0 Å². The molecule has 15 heavy (non-hydrogen) atoms. The summed E-state index contributed by atoms with van der Waals surface area (Å²) in [5.41, 5.74) is 0. The molecule has 0 saturated heterocycles. The molecule has 1 N–H and O–H groups in total. The highest BCUT2D eigenvalue weighted by atomic mass is 35.5. The maximum absolute atomic E-state index is 8.63. The van der Waals surface area contributed by atoms with Gasteiger partial charge in [-0.15, -0.1) is 0 Å². The fourth-order valence-corrected chi connectivity index (χ4v) is 1.32. The second-order valence-electron chi connectivity index (χ2n) is 2.78. The molecule has 0 aromatic heterocycles. The van der Waals surface area contributed by atoms with Gasteiger partial charge in [-0.25, -0.2) is 0 Å². The van der Waals surface area contributed by atoms with Gasteiger partial charge in [0.15, 0.2) is 0 Å². The molecule has 0 amide bonds. The molecule has 0 spiro atoms. The second kappa shape index (κ2) is 6.33. The van der Waals surface area contributed by atoms with Gasteiger partial charge in [-0.3, -0.25) is 0 Å². The Labute approximate surface area is 98.9 Å². The summed E-state index contributed by atoms with van der Waals surface area (Å²) < 4.78 is 0. The zero-order valence-electron chi connectivity index (χ0n) is 7.90. The van der Waals surface area contributed by atoms with Crippen molar-refractivity contribution in [1.82, 2.24) is 0 Å². The van der Waals surface area contributed by atoms with Crippen molar-refractivity contribution in [3.8, 4) is 5.75 Å². The van der Waals surface area contributed by atoms with Gasteiger partial charge in [-0.2, -0.15) is 0 Å². The second-order valence-corrected chi connectivity index (χ2v) is 3.65. The van der Waals surface area contributed by atoms with Gasteiger partial charge in [-0.05, 0) is 30.3 Å². The lowest BCUT2D eigenvalue weighted by molar-refractivity contribution is 0.475. The molecule has 0 fully saturated rings. The number of rotatable bonds is 0. The van der Waals surface area contributed by atoms with Gasteiger partial charge in [0.05, 0.1) is 0 Å². The lowest BCUT2D eigenvalue weighted by atomic mass is 10.3. The maximum Gasteiger partial charge on any atom is 0.115 e. The molecule has 0 aliphatic carbocycles. The van der Waals surface area contributed by atoms with Crippen LogP contribution in [-0.4, -0.2) is 5.11 Å². The van der Waals surface area contributed by atoms with Crippen LogP contribution in [0.5, 0.6) is 5.75 Å². The summed E-state index contributed by atoms with van der Waals surface area (Å²) in [4.78, 5) is 0. The Morgan fingerprint density at radius 3 is 1.53 bits per heavy atom. The van der Waals surface area contributed by atoms with Gasteiger partial charge in [-0.1, -0.05) is 47.5 Å². The van der Waals surface area contributed by atoms with Crippen LogP contribution in [0.4, 0.5) is 0 Å². The SMILES string of the molecule is Clc1cccc(Cl)c1.Oc1ccccc1. The molecule has 0 aliphatic heterocycles. The summed E-state index contributed by atoms with van der Waals surface area (Å²) in [5, 5.41) is 9.99. The van der Waals surface area contributed by atoms with Crippen LogP contribution < -0.4 is 0 Å².